The van der Waals surface area contributed by atoms with Crippen molar-refractivity contribution >= 4 is 27.7 Å². The highest BCUT2D eigenvalue weighted by Crippen LogP contribution is 2.29. The summed E-state index contributed by atoms with van der Waals surface area (Å²) in [5, 5.41) is 10.9. The zero-order valence-corrected chi connectivity index (χ0v) is 10.9. The first kappa shape index (κ1) is 12.6. The minimum atomic E-state index is -0.414. The number of aromatic nitrogens is 1. The van der Waals surface area contributed by atoms with E-state index in [9.17, 15) is 10.1 Å². The maximum atomic E-state index is 10.9. The average Bonchev–Trinajstić information content (AvgIpc) is 2.18. The first-order valence-corrected chi connectivity index (χ1v) is 5.37. The lowest BCUT2D eigenvalue weighted by atomic mass is 10.2. The van der Waals surface area contributed by atoms with E-state index >= 15 is 0 Å². The van der Waals surface area contributed by atoms with E-state index in [4.69, 9.17) is 0 Å². The molecule has 0 fully saturated rings. The van der Waals surface area contributed by atoms with Crippen LogP contribution in [-0.2, 0) is 0 Å². The van der Waals surface area contributed by atoms with Crippen molar-refractivity contribution < 1.29 is 4.92 Å². The molecule has 0 N–H and O–H groups in total. The molecule has 0 spiro atoms. The molecular formula is C10H12BrN3O2. The first-order valence-electron chi connectivity index (χ1n) is 4.57. The molecule has 0 aliphatic carbocycles. The monoisotopic (exact) mass is 285 g/mol. The number of hydrogen-bond donors (Lipinski definition) is 0. The molecule has 0 aliphatic heterocycles. The van der Waals surface area contributed by atoms with Crippen molar-refractivity contribution in [3.63, 3.8) is 0 Å². The fraction of sp³-hybridized carbons (Fsp3) is 0.300. The predicted molar refractivity (Wildman–Crippen MR) is 66.0 cm³/mol. The van der Waals surface area contributed by atoms with Gasteiger partial charge in [-0.15, -0.1) is 0 Å². The zero-order valence-electron chi connectivity index (χ0n) is 9.27. The third kappa shape index (κ3) is 2.79. The van der Waals surface area contributed by atoms with Crippen LogP contribution in [0.15, 0.2) is 16.9 Å². The van der Waals surface area contributed by atoms with Crippen LogP contribution < -0.4 is 0 Å². The van der Waals surface area contributed by atoms with E-state index < -0.39 is 4.92 Å². The van der Waals surface area contributed by atoms with Gasteiger partial charge in [0.25, 0.3) is 5.69 Å². The van der Waals surface area contributed by atoms with Crippen LogP contribution in [0.1, 0.15) is 11.3 Å². The molecule has 0 unspecified atom stereocenters. The fourth-order valence-electron chi connectivity index (χ4n) is 1.20. The largest absolute Gasteiger partial charge is 0.383 e. The summed E-state index contributed by atoms with van der Waals surface area (Å²) in [6.07, 6.45) is 5.01. The summed E-state index contributed by atoms with van der Waals surface area (Å²) in [5.74, 6) is 0. The van der Waals surface area contributed by atoms with Crippen LogP contribution in [0, 0.1) is 17.0 Å². The second-order valence-electron chi connectivity index (χ2n) is 3.49. The van der Waals surface area contributed by atoms with Crippen LogP contribution in [0.4, 0.5) is 5.69 Å². The highest BCUT2D eigenvalue weighted by Gasteiger charge is 2.19. The van der Waals surface area contributed by atoms with Gasteiger partial charge >= 0.3 is 0 Å². The van der Waals surface area contributed by atoms with E-state index in [0.717, 1.165) is 0 Å². The number of halogens is 1. The summed E-state index contributed by atoms with van der Waals surface area (Å²) in [6.45, 7) is 1.62. The molecule has 1 heterocycles. The van der Waals surface area contributed by atoms with E-state index in [1.807, 2.05) is 19.0 Å². The van der Waals surface area contributed by atoms with Crippen molar-refractivity contribution in [1.82, 2.24) is 9.88 Å². The molecule has 1 aromatic heterocycles. The molecular weight excluding hydrogens is 274 g/mol. The summed E-state index contributed by atoms with van der Waals surface area (Å²) in [7, 11) is 3.70. The van der Waals surface area contributed by atoms with Gasteiger partial charge in [0.15, 0.2) is 0 Å². The summed E-state index contributed by atoms with van der Waals surface area (Å²) in [5.41, 5.74) is 0.977. The van der Waals surface area contributed by atoms with E-state index in [-0.39, 0.29) is 5.69 Å². The molecule has 0 aliphatic rings. The minimum Gasteiger partial charge on any atom is -0.383 e. The molecule has 0 atom stereocenters. The SMILES string of the molecule is Cc1ncc(Br)c(/C=C/N(C)C)c1[N+](=O)[O-]. The smallest absolute Gasteiger partial charge is 0.298 e. The molecule has 16 heavy (non-hydrogen) atoms. The Labute approximate surface area is 102 Å². The van der Waals surface area contributed by atoms with Crippen molar-refractivity contribution in [1.29, 1.82) is 0 Å². The Morgan fingerprint density at radius 1 is 1.56 bits per heavy atom. The molecule has 0 amide bonds. The first-order chi connectivity index (χ1) is 7.43. The second kappa shape index (κ2) is 5.07. The highest BCUT2D eigenvalue weighted by molar-refractivity contribution is 9.10. The van der Waals surface area contributed by atoms with Gasteiger partial charge in [-0.05, 0) is 35.1 Å². The lowest BCUT2D eigenvalue weighted by Gasteiger charge is -2.06. The number of rotatable bonds is 3. The predicted octanol–water partition coefficient (Wildman–Crippen LogP) is 2.59. The third-order valence-electron chi connectivity index (χ3n) is 1.95. The van der Waals surface area contributed by atoms with Gasteiger partial charge in [0.1, 0.15) is 5.69 Å². The van der Waals surface area contributed by atoms with Gasteiger partial charge in [0.2, 0.25) is 0 Å². The standard InChI is InChI=1S/C10H12BrN3O2/c1-7-10(14(15)16)8(4-5-13(2)3)9(11)6-12-7/h4-6H,1-3H3/b5-4+. The lowest BCUT2D eigenvalue weighted by molar-refractivity contribution is -0.386. The Balaban J connectivity index is 3.34. The number of hydrogen-bond acceptors (Lipinski definition) is 4. The quantitative estimate of drug-likeness (QED) is 0.633. The van der Waals surface area contributed by atoms with Gasteiger partial charge in [-0.2, -0.15) is 0 Å². The molecule has 6 heteroatoms. The zero-order chi connectivity index (χ0) is 12.3. The Bertz CT molecular complexity index is 444. The van der Waals surface area contributed by atoms with Gasteiger partial charge in [0, 0.05) is 20.3 Å². The molecule has 0 radical (unpaired) electrons. The second-order valence-corrected chi connectivity index (χ2v) is 4.34. The molecule has 86 valence electrons. The summed E-state index contributed by atoms with van der Waals surface area (Å²) < 4.78 is 0.614. The van der Waals surface area contributed by atoms with Crippen LogP contribution in [0.25, 0.3) is 6.08 Å². The molecule has 0 saturated carbocycles. The molecule has 1 aromatic rings. The molecule has 0 bridgehead atoms. The van der Waals surface area contributed by atoms with Crippen molar-refractivity contribution in [3.8, 4) is 0 Å². The van der Waals surface area contributed by atoms with Gasteiger partial charge in [-0.3, -0.25) is 15.1 Å². The number of nitro groups is 1. The van der Waals surface area contributed by atoms with Gasteiger partial charge in [-0.1, -0.05) is 0 Å². The highest BCUT2D eigenvalue weighted by atomic mass is 79.9. The topological polar surface area (TPSA) is 59.3 Å². The van der Waals surface area contributed by atoms with Crippen LogP contribution in [0.3, 0.4) is 0 Å². The fourth-order valence-corrected chi connectivity index (χ4v) is 1.63. The van der Waals surface area contributed by atoms with Crippen molar-refractivity contribution in [2.75, 3.05) is 14.1 Å². The van der Waals surface area contributed by atoms with Crippen LogP contribution in [0.2, 0.25) is 0 Å². The Morgan fingerprint density at radius 2 is 2.19 bits per heavy atom. The van der Waals surface area contributed by atoms with Crippen molar-refractivity contribution in [2.45, 2.75) is 6.92 Å². The molecule has 1 rings (SSSR count). The number of nitrogens with zero attached hydrogens (tertiary/aromatic N) is 3. The Hall–Kier alpha value is -1.43. The van der Waals surface area contributed by atoms with Gasteiger partial charge < -0.3 is 4.90 Å². The van der Waals surface area contributed by atoms with Crippen LogP contribution in [-0.4, -0.2) is 28.9 Å². The van der Waals surface area contributed by atoms with Crippen LogP contribution in [0.5, 0.6) is 0 Å². The normalized spacial score (nSPS) is 10.8. The molecule has 0 saturated heterocycles. The lowest BCUT2D eigenvalue weighted by Crippen LogP contribution is -2.02. The maximum absolute atomic E-state index is 10.9. The minimum absolute atomic E-state index is 0.0347. The van der Waals surface area contributed by atoms with E-state index in [2.05, 4.69) is 20.9 Å². The van der Waals surface area contributed by atoms with Crippen LogP contribution >= 0.6 is 15.9 Å². The maximum Gasteiger partial charge on any atom is 0.298 e. The number of aryl methyl sites for hydroxylation is 1. The Morgan fingerprint density at radius 3 is 2.69 bits per heavy atom. The summed E-state index contributed by atoms with van der Waals surface area (Å²) >= 11 is 3.26. The van der Waals surface area contributed by atoms with E-state index in [1.165, 1.54) is 0 Å². The van der Waals surface area contributed by atoms with Crippen molar-refractivity contribution in [3.05, 3.63) is 38.2 Å². The summed E-state index contributed by atoms with van der Waals surface area (Å²) in [4.78, 5) is 16.3. The molecule has 5 nitrogen and oxygen atoms in total. The summed E-state index contributed by atoms with van der Waals surface area (Å²) in [6, 6.07) is 0. The van der Waals surface area contributed by atoms with Crippen molar-refractivity contribution in [2.24, 2.45) is 0 Å². The number of pyridine rings is 1. The average molecular weight is 286 g/mol. The molecule has 0 aromatic carbocycles. The Kier molecular flexibility index (Phi) is 4.00. The van der Waals surface area contributed by atoms with Gasteiger partial charge in [-0.25, -0.2) is 0 Å². The van der Waals surface area contributed by atoms with E-state index in [0.29, 0.717) is 15.7 Å². The third-order valence-corrected chi connectivity index (χ3v) is 2.58. The van der Waals surface area contributed by atoms with E-state index in [1.54, 1.807) is 25.4 Å². The van der Waals surface area contributed by atoms with Gasteiger partial charge in [0.05, 0.1) is 15.0 Å².